The van der Waals surface area contributed by atoms with Gasteiger partial charge in [0.15, 0.2) is 5.78 Å². The van der Waals surface area contributed by atoms with E-state index in [4.69, 9.17) is 4.74 Å². The summed E-state index contributed by atoms with van der Waals surface area (Å²) in [6.07, 6.45) is 37.9. The molecule has 0 bridgehead atoms. The zero-order chi connectivity index (χ0) is 33.9. The highest BCUT2D eigenvalue weighted by molar-refractivity contribution is 6.41. The molecule has 272 valence electrons. The van der Waals surface area contributed by atoms with Gasteiger partial charge in [-0.15, -0.1) is 0 Å². The lowest BCUT2D eigenvalue weighted by atomic mass is 9.92. The van der Waals surface area contributed by atoms with Crippen LogP contribution in [-0.2, 0) is 19.1 Å². The van der Waals surface area contributed by atoms with Crippen molar-refractivity contribution in [1.82, 2.24) is 0 Å². The summed E-state index contributed by atoms with van der Waals surface area (Å²) < 4.78 is 5.60. The lowest BCUT2D eigenvalue weighted by Gasteiger charge is -2.17. The van der Waals surface area contributed by atoms with Crippen LogP contribution < -0.4 is 0 Å². The number of ether oxygens (including phenoxy) is 1. The average Bonchev–Trinajstić information content (AvgIpc) is 3.06. The summed E-state index contributed by atoms with van der Waals surface area (Å²) in [6.45, 7) is 9.08. The minimum absolute atomic E-state index is 0.270. The fourth-order valence-electron chi connectivity index (χ4n) is 6.52. The molecule has 0 aliphatic rings. The second kappa shape index (κ2) is 35.1. The van der Waals surface area contributed by atoms with Crippen molar-refractivity contribution in [1.29, 1.82) is 0 Å². The SMILES string of the molecule is CCCCCCCCCCCCCCCCC(=O)C(=O)C(CCCCCCCCCCCCCCCC)C(=O)OCC(CC)CC. The van der Waals surface area contributed by atoms with E-state index in [1.54, 1.807) is 0 Å². The molecule has 0 aromatic heterocycles. The molecule has 0 aliphatic carbocycles. The Morgan fingerprint density at radius 3 is 1.11 bits per heavy atom. The summed E-state index contributed by atoms with van der Waals surface area (Å²) in [5.74, 6) is -1.94. The lowest BCUT2D eigenvalue weighted by molar-refractivity contribution is -0.156. The number of esters is 1. The van der Waals surface area contributed by atoms with Crippen LogP contribution in [0.15, 0.2) is 0 Å². The molecule has 0 fully saturated rings. The maximum atomic E-state index is 13.1. The van der Waals surface area contributed by atoms with Gasteiger partial charge in [-0.25, -0.2) is 0 Å². The van der Waals surface area contributed by atoms with Gasteiger partial charge in [0.1, 0.15) is 5.92 Å². The number of ketones is 2. The summed E-state index contributed by atoms with van der Waals surface area (Å²) in [7, 11) is 0. The molecule has 1 unspecified atom stereocenters. The van der Waals surface area contributed by atoms with Crippen LogP contribution in [0.25, 0.3) is 0 Å². The molecule has 1 atom stereocenters. The smallest absolute Gasteiger partial charge is 0.316 e. The van der Waals surface area contributed by atoms with E-state index in [1.807, 2.05) is 0 Å². The largest absolute Gasteiger partial charge is 0.465 e. The van der Waals surface area contributed by atoms with Gasteiger partial charge in [-0.2, -0.15) is 0 Å². The number of Topliss-reactive ketones (excluding diaryl/α,β-unsaturated/α-hetero) is 2. The molecule has 4 heteroatoms. The van der Waals surface area contributed by atoms with Crippen molar-refractivity contribution < 1.29 is 19.1 Å². The number of rotatable bonds is 37. The fraction of sp³-hybridized carbons (Fsp3) is 0.929. The first-order valence-electron chi connectivity index (χ1n) is 20.7. The predicted octanol–water partition coefficient (Wildman–Crippen LogP) is 13.5. The summed E-state index contributed by atoms with van der Waals surface area (Å²) >= 11 is 0. The molecule has 0 radical (unpaired) electrons. The maximum absolute atomic E-state index is 13.1. The Balaban J connectivity index is 4.24. The van der Waals surface area contributed by atoms with Crippen LogP contribution in [0.2, 0.25) is 0 Å². The molecule has 0 rings (SSSR count). The van der Waals surface area contributed by atoms with Crippen LogP contribution in [0.1, 0.15) is 233 Å². The van der Waals surface area contributed by atoms with E-state index in [1.165, 1.54) is 141 Å². The highest BCUT2D eigenvalue weighted by atomic mass is 16.5. The van der Waals surface area contributed by atoms with Gasteiger partial charge in [0.25, 0.3) is 0 Å². The minimum Gasteiger partial charge on any atom is -0.465 e. The minimum atomic E-state index is -0.911. The molecule has 0 amide bonds. The molecular weight excluding hydrogens is 568 g/mol. The Morgan fingerprint density at radius 2 is 0.761 bits per heavy atom. The van der Waals surface area contributed by atoms with Crippen LogP contribution >= 0.6 is 0 Å². The second-order valence-electron chi connectivity index (χ2n) is 14.4. The highest BCUT2D eigenvalue weighted by Gasteiger charge is 2.32. The van der Waals surface area contributed by atoms with Crippen molar-refractivity contribution in [2.75, 3.05) is 6.61 Å². The monoisotopic (exact) mass is 649 g/mol. The van der Waals surface area contributed by atoms with Crippen LogP contribution in [-0.4, -0.2) is 24.1 Å². The van der Waals surface area contributed by atoms with Gasteiger partial charge in [-0.05, 0) is 18.8 Å². The Morgan fingerprint density at radius 1 is 0.435 bits per heavy atom. The maximum Gasteiger partial charge on any atom is 0.316 e. The summed E-state index contributed by atoms with van der Waals surface area (Å²) in [5.41, 5.74) is 0. The molecule has 0 N–H and O–H groups in total. The van der Waals surface area contributed by atoms with Gasteiger partial charge >= 0.3 is 5.97 Å². The van der Waals surface area contributed by atoms with Crippen molar-refractivity contribution in [2.45, 2.75) is 233 Å². The van der Waals surface area contributed by atoms with Gasteiger partial charge in [-0.3, -0.25) is 14.4 Å². The van der Waals surface area contributed by atoms with E-state index in [2.05, 4.69) is 27.7 Å². The molecule has 0 aromatic carbocycles. The highest BCUT2D eigenvalue weighted by Crippen LogP contribution is 2.20. The third-order valence-corrected chi connectivity index (χ3v) is 10.1. The molecule has 0 spiro atoms. The Kier molecular flexibility index (Phi) is 34.2. The number of hydrogen-bond donors (Lipinski definition) is 0. The quantitative estimate of drug-likeness (QED) is 0.0291. The molecule has 0 saturated heterocycles. The average molecular weight is 649 g/mol. The molecule has 4 nitrogen and oxygen atoms in total. The van der Waals surface area contributed by atoms with Crippen molar-refractivity contribution >= 4 is 17.5 Å². The molecule has 0 aromatic rings. The van der Waals surface area contributed by atoms with Gasteiger partial charge in [0.05, 0.1) is 6.61 Å². The summed E-state index contributed by atoms with van der Waals surface area (Å²) in [5, 5.41) is 0. The standard InChI is InChI=1S/C42H80O4/c1-5-9-11-13-15-17-19-21-23-25-27-29-31-33-35-39(42(45)46-37-38(7-3)8-4)41(44)40(43)36-34-32-30-28-26-24-22-20-18-16-14-12-10-6-2/h38-39H,5-37H2,1-4H3. The van der Waals surface area contributed by atoms with E-state index in [0.29, 0.717) is 18.9 Å². The fourth-order valence-corrected chi connectivity index (χ4v) is 6.52. The van der Waals surface area contributed by atoms with Gasteiger partial charge in [0.2, 0.25) is 5.78 Å². The van der Waals surface area contributed by atoms with E-state index >= 15 is 0 Å². The lowest BCUT2D eigenvalue weighted by Crippen LogP contribution is -2.32. The molecule has 0 heterocycles. The zero-order valence-electron chi connectivity index (χ0n) is 31.6. The number of unbranched alkanes of at least 4 members (excludes halogenated alkanes) is 26. The van der Waals surface area contributed by atoms with E-state index in [0.717, 1.165) is 51.4 Å². The van der Waals surface area contributed by atoms with E-state index < -0.39 is 17.7 Å². The Hall–Kier alpha value is -1.19. The number of carbonyl (C=O) groups excluding carboxylic acids is 3. The van der Waals surface area contributed by atoms with E-state index in [9.17, 15) is 14.4 Å². The first kappa shape index (κ1) is 44.8. The molecule has 46 heavy (non-hydrogen) atoms. The van der Waals surface area contributed by atoms with Crippen LogP contribution in [0.5, 0.6) is 0 Å². The van der Waals surface area contributed by atoms with Crippen molar-refractivity contribution in [3.63, 3.8) is 0 Å². The Bertz CT molecular complexity index is 683. The topological polar surface area (TPSA) is 60.4 Å². The zero-order valence-corrected chi connectivity index (χ0v) is 31.6. The van der Waals surface area contributed by atoms with Gasteiger partial charge in [-0.1, -0.05) is 214 Å². The molecule has 0 aliphatic heterocycles. The van der Waals surface area contributed by atoms with Crippen molar-refractivity contribution in [2.24, 2.45) is 11.8 Å². The van der Waals surface area contributed by atoms with Crippen molar-refractivity contribution in [3.05, 3.63) is 0 Å². The predicted molar refractivity (Wildman–Crippen MR) is 198 cm³/mol. The molecular formula is C42H80O4. The summed E-state index contributed by atoms with van der Waals surface area (Å²) in [4.78, 5) is 39.0. The third kappa shape index (κ3) is 27.9. The first-order valence-corrected chi connectivity index (χ1v) is 20.7. The third-order valence-electron chi connectivity index (χ3n) is 10.1. The summed E-state index contributed by atoms with van der Waals surface area (Å²) in [6, 6.07) is 0. The Labute approximate surface area is 287 Å². The van der Waals surface area contributed by atoms with Gasteiger partial charge in [0, 0.05) is 6.42 Å². The second-order valence-corrected chi connectivity index (χ2v) is 14.4. The van der Waals surface area contributed by atoms with Crippen molar-refractivity contribution in [3.8, 4) is 0 Å². The normalized spacial score (nSPS) is 12.1. The first-order chi connectivity index (χ1) is 22.5. The van der Waals surface area contributed by atoms with Crippen LogP contribution in [0, 0.1) is 11.8 Å². The molecule has 0 saturated carbocycles. The number of hydrogen-bond acceptors (Lipinski definition) is 4. The number of carbonyl (C=O) groups is 3. The van der Waals surface area contributed by atoms with E-state index in [-0.39, 0.29) is 12.2 Å². The van der Waals surface area contributed by atoms with Crippen LogP contribution in [0.4, 0.5) is 0 Å². The van der Waals surface area contributed by atoms with Gasteiger partial charge < -0.3 is 4.74 Å². The van der Waals surface area contributed by atoms with Crippen LogP contribution in [0.3, 0.4) is 0 Å².